The summed E-state index contributed by atoms with van der Waals surface area (Å²) in [4.78, 5) is 32.0. The van der Waals surface area contributed by atoms with Crippen molar-refractivity contribution in [2.24, 2.45) is 0 Å². The van der Waals surface area contributed by atoms with Gasteiger partial charge in [-0.2, -0.15) is 0 Å². The van der Waals surface area contributed by atoms with E-state index in [0.717, 1.165) is 54.5 Å². The summed E-state index contributed by atoms with van der Waals surface area (Å²) in [6, 6.07) is 15.9. The zero-order chi connectivity index (χ0) is 22.2. The monoisotopic (exact) mass is 428 g/mol. The molecule has 1 saturated carbocycles. The first-order valence-electron chi connectivity index (χ1n) is 11.4. The molecule has 0 saturated heterocycles. The second-order valence-corrected chi connectivity index (χ2v) is 8.90. The van der Waals surface area contributed by atoms with E-state index in [4.69, 9.17) is 0 Å². The summed E-state index contributed by atoms with van der Waals surface area (Å²) in [5.74, 6) is 0. The molecule has 1 fully saturated rings. The predicted octanol–water partition coefficient (Wildman–Crippen LogP) is 4.52. The number of aryl methyl sites for hydroxylation is 2. The number of imidazole rings is 1. The van der Waals surface area contributed by atoms with E-state index in [2.05, 4.69) is 24.0 Å². The molecular weight excluding hydrogens is 400 g/mol. The number of hydrogen-bond acceptors (Lipinski definition) is 3. The SMILES string of the molecule is Cc1cccc(-n2c(=O)n(C3CCCCC3)c(=O)c3c2ncn3Cc2ccccc2C)c1. The maximum atomic E-state index is 13.7. The first-order chi connectivity index (χ1) is 15.5. The fraction of sp³-hybridized carbons (Fsp3) is 0.346. The van der Waals surface area contributed by atoms with Gasteiger partial charge in [0.2, 0.25) is 0 Å². The summed E-state index contributed by atoms with van der Waals surface area (Å²) < 4.78 is 5.01. The van der Waals surface area contributed by atoms with Gasteiger partial charge in [-0.3, -0.25) is 9.36 Å². The molecule has 4 aromatic rings. The van der Waals surface area contributed by atoms with E-state index in [0.29, 0.717) is 17.7 Å². The summed E-state index contributed by atoms with van der Waals surface area (Å²) >= 11 is 0. The van der Waals surface area contributed by atoms with Gasteiger partial charge >= 0.3 is 5.69 Å². The Kier molecular flexibility index (Phi) is 5.29. The highest BCUT2D eigenvalue weighted by atomic mass is 16.2. The van der Waals surface area contributed by atoms with Gasteiger partial charge in [0.05, 0.1) is 12.0 Å². The summed E-state index contributed by atoms with van der Waals surface area (Å²) in [5, 5.41) is 0. The van der Waals surface area contributed by atoms with Gasteiger partial charge in [0.15, 0.2) is 11.2 Å². The van der Waals surface area contributed by atoms with Crippen molar-refractivity contribution in [1.82, 2.24) is 18.7 Å². The summed E-state index contributed by atoms with van der Waals surface area (Å²) in [5.41, 5.74) is 4.47. The van der Waals surface area contributed by atoms with Crippen LogP contribution in [-0.4, -0.2) is 18.7 Å². The molecule has 6 nitrogen and oxygen atoms in total. The zero-order valence-corrected chi connectivity index (χ0v) is 18.6. The van der Waals surface area contributed by atoms with Crippen molar-refractivity contribution in [3.05, 3.63) is 92.4 Å². The Bertz CT molecular complexity index is 1400. The van der Waals surface area contributed by atoms with Crippen LogP contribution in [-0.2, 0) is 6.54 Å². The number of rotatable bonds is 4. The predicted molar refractivity (Wildman–Crippen MR) is 127 cm³/mol. The van der Waals surface area contributed by atoms with Crippen LogP contribution in [0.25, 0.3) is 16.9 Å². The quantitative estimate of drug-likeness (QED) is 0.480. The molecule has 0 unspecified atom stereocenters. The molecule has 2 aromatic carbocycles. The smallest absolute Gasteiger partial charge is 0.320 e. The van der Waals surface area contributed by atoms with Crippen molar-refractivity contribution in [2.75, 3.05) is 0 Å². The fourth-order valence-electron chi connectivity index (χ4n) is 4.91. The van der Waals surface area contributed by atoms with Gasteiger partial charge in [0.1, 0.15) is 0 Å². The van der Waals surface area contributed by atoms with Crippen LogP contribution in [0.15, 0.2) is 64.4 Å². The minimum Gasteiger partial charge on any atom is -0.320 e. The van der Waals surface area contributed by atoms with Gasteiger partial charge in [-0.15, -0.1) is 0 Å². The fourth-order valence-corrected chi connectivity index (χ4v) is 4.91. The minimum atomic E-state index is -0.291. The molecule has 164 valence electrons. The second kappa shape index (κ2) is 8.26. The van der Waals surface area contributed by atoms with Crippen molar-refractivity contribution >= 4 is 11.2 Å². The van der Waals surface area contributed by atoms with Crippen LogP contribution in [0.5, 0.6) is 0 Å². The number of hydrogen-bond donors (Lipinski definition) is 0. The van der Waals surface area contributed by atoms with E-state index in [9.17, 15) is 9.59 Å². The molecular formula is C26H28N4O2. The molecule has 6 heteroatoms. The lowest BCUT2D eigenvalue weighted by Crippen LogP contribution is -2.43. The third-order valence-electron chi connectivity index (χ3n) is 6.65. The molecule has 0 spiro atoms. The molecule has 0 amide bonds. The summed E-state index contributed by atoms with van der Waals surface area (Å²) in [6.07, 6.45) is 6.66. The summed E-state index contributed by atoms with van der Waals surface area (Å²) in [6.45, 7) is 4.60. The van der Waals surface area contributed by atoms with Crippen LogP contribution < -0.4 is 11.2 Å². The van der Waals surface area contributed by atoms with Crippen LogP contribution >= 0.6 is 0 Å². The molecule has 0 bridgehead atoms. The maximum Gasteiger partial charge on any atom is 0.337 e. The molecule has 0 radical (unpaired) electrons. The van der Waals surface area contributed by atoms with E-state index in [-0.39, 0.29) is 17.3 Å². The van der Waals surface area contributed by atoms with E-state index < -0.39 is 0 Å². The number of fused-ring (bicyclic) bond motifs is 1. The normalized spacial score (nSPS) is 14.8. The zero-order valence-electron chi connectivity index (χ0n) is 18.6. The lowest BCUT2D eigenvalue weighted by Gasteiger charge is -2.24. The van der Waals surface area contributed by atoms with E-state index in [1.54, 1.807) is 10.9 Å². The molecule has 5 rings (SSSR count). The average molecular weight is 429 g/mol. The highest BCUT2D eigenvalue weighted by Crippen LogP contribution is 2.27. The number of benzene rings is 2. The largest absolute Gasteiger partial charge is 0.337 e. The van der Waals surface area contributed by atoms with Crippen molar-refractivity contribution in [3.8, 4) is 5.69 Å². The number of aromatic nitrogens is 4. The van der Waals surface area contributed by atoms with Crippen LogP contribution in [0.1, 0.15) is 54.8 Å². The lowest BCUT2D eigenvalue weighted by molar-refractivity contribution is 0.335. The van der Waals surface area contributed by atoms with Crippen molar-refractivity contribution in [2.45, 2.75) is 58.5 Å². The average Bonchev–Trinajstić information content (AvgIpc) is 3.20. The number of nitrogens with zero attached hydrogens (tertiary/aromatic N) is 4. The molecule has 0 N–H and O–H groups in total. The van der Waals surface area contributed by atoms with E-state index >= 15 is 0 Å². The Hall–Kier alpha value is -3.41. The topological polar surface area (TPSA) is 61.8 Å². The van der Waals surface area contributed by atoms with Crippen molar-refractivity contribution in [3.63, 3.8) is 0 Å². The molecule has 2 heterocycles. The Morgan fingerprint density at radius 2 is 1.75 bits per heavy atom. The summed E-state index contributed by atoms with van der Waals surface area (Å²) in [7, 11) is 0. The maximum absolute atomic E-state index is 13.7. The first-order valence-corrected chi connectivity index (χ1v) is 11.4. The van der Waals surface area contributed by atoms with Gasteiger partial charge in [0.25, 0.3) is 5.56 Å². The van der Waals surface area contributed by atoms with Gasteiger partial charge in [-0.1, -0.05) is 55.7 Å². The van der Waals surface area contributed by atoms with Crippen molar-refractivity contribution < 1.29 is 0 Å². The van der Waals surface area contributed by atoms with E-state index in [1.807, 2.05) is 47.9 Å². The van der Waals surface area contributed by atoms with Gasteiger partial charge in [0, 0.05) is 12.6 Å². The Balaban J connectivity index is 1.79. The molecule has 0 atom stereocenters. The molecule has 32 heavy (non-hydrogen) atoms. The molecule has 0 aliphatic heterocycles. The van der Waals surface area contributed by atoms with Crippen LogP contribution in [0.3, 0.4) is 0 Å². The molecule has 1 aliphatic carbocycles. The standard InChI is InChI=1S/C26H28N4O2/c1-18-9-8-14-22(15-18)29-24-23(25(31)30(26(29)32)21-12-4-3-5-13-21)28(17-27-24)16-20-11-7-6-10-19(20)2/h6-11,14-15,17,21H,3-5,12-13,16H2,1-2H3. The highest BCUT2D eigenvalue weighted by molar-refractivity contribution is 5.72. The van der Waals surface area contributed by atoms with Crippen molar-refractivity contribution in [1.29, 1.82) is 0 Å². The third-order valence-corrected chi connectivity index (χ3v) is 6.65. The molecule has 2 aromatic heterocycles. The van der Waals surface area contributed by atoms with Gasteiger partial charge in [-0.25, -0.2) is 14.3 Å². The van der Waals surface area contributed by atoms with Crippen LogP contribution in [0.2, 0.25) is 0 Å². The Labute approximate surface area is 186 Å². The highest BCUT2D eigenvalue weighted by Gasteiger charge is 2.25. The van der Waals surface area contributed by atoms with Crippen LogP contribution in [0, 0.1) is 13.8 Å². The molecule has 1 aliphatic rings. The van der Waals surface area contributed by atoms with Gasteiger partial charge < -0.3 is 4.57 Å². The van der Waals surface area contributed by atoms with E-state index in [1.165, 1.54) is 4.57 Å². The minimum absolute atomic E-state index is 0.0639. The Morgan fingerprint density at radius 1 is 0.969 bits per heavy atom. The van der Waals surface area contributed by atoms with Crippen LogP contribution in [0.4, 0.5) is 0 Å². The lowest BCUT2D eigenvalue weighted by atomic mass is 9.95. The first kappa shape index (κ1) is 20.5. The Morgan fingerprint density at radius 3 is 2.50 bits per heavy atom. The third kappa shape index (κ3) is 3.49. The second-order valence-electron chi connectivity index (χ2n) is 8.90. The van der Waals surface area contributed by atoms with Gasteiger partial charge in [-0.05, 0) is 55.5 Å².